The number of ether oxygens (including phenoxy) is 2. The first-order valence-electron chi connectivity index (χ1n) is 23.9. The van der Waals surface area contributed by atoms with E-state index in [0.717, 1.165) is 51.4 Å². The van der Waals surface area contributed by atoms with Crippen molar-refractivity contribution in [3.05, 3.63) is 36.5 Å². The van der Waals surface area contributed by atoms with E-state index in [9.17, 15) is 24.2 Å². The number of aliphatic hydroxyl groups is 2. The lowest BCUT2D eigenvalue weighted by Gasteiger charge is -2.20. The maximum atomic E-state index is 12.7. The van der Waals surface area contributed by atoms with Crippen molar-refractivity contribution in [2.75, 3.05) is 26.4 Å². The van der Waals surface area contributed by atoms with Crippen molar-refractivity contribution in [1.82, 2.24) is 0 Å². The number of unbranched alkanes of at least 4 members (excludes halogenated alkanes) is 25. The lowest BCUT2D eigenvalue weighted by molar-refractivity contribution is -0.161. The van der Waals surface area contributed by atoms with E-state index in [4.69, 9.17) is 23.6 Å². The Hall–Kier alpha value is -1.81. The number of aliphatic hydroxyl groups excluding tert-OH is 2. The van der Waals surface area contributed by atoms with Crippen LogP contribution in [0.4, 0.5) is 0 Å². The van der Waals surface area contributed by atoms with Gasteiger partial charge in [0.2, 0.25) is 0 Å². The molecule has 3 atom stereocenters. The molecule has 0 radical (unpaired) electrons. The zero-order valence-corrected chi connectivity index (χ0v) is 38.6. The second-order valence-electron chi connectivity index (χ2n) is 16.1. The van der Waals surface area contributed by atoms with Crippen molar-refractivity contribution >= 4 is 19.8 Å². The molecule has 0 aliphatic rings. The average Bonchev–Trinajstić information content (AvgIpc) is 3.22. The number of hydrogen-bond acceptors (Lipinski definition) is 9. The molecule has 346 valence electrons. The molecule has 0 amide bonds. The molecule has 0 aromatic carbocycles. The van der Waals surface area contributed by atoms with Gasteiger partial charge in [-0.3, -0.25) is 18.6 Å². The van der Waals surface area contributed by atoms with Crippen molar-refractivity contribution in [2.24, 2.45) is 0 Å². The number of rotatable bonds is 45. The SMILES string of the molecule is CCCCC/C=C/C/C=C/CCCCCCCCCC(=O)OC[C@H](COP(=O)(O)OC[C@@H](O)CO)OC(=O)CCCCCCCCCCC/C=C/CCCCCCCC. The number of allylic oxidation sites excluding steroid dienone is 6. The van der Waals surface area contributed by atoms with E-state index in [1.54, 1.807) is 0 Å². The van der Waals surface area contributed by atoms with Crippen molar-refractivity contribution in [3.63, 3.8) is 0 Å². The van der Waals surface area contributed by atoms with Gasteiger partial charge in [-0.1, -0.05) is 172 Å². The first-order chi connectivity index (χ1) is 28.7. The molecule has 0 bridgehead atoms. The third kappa shape index (κ3) is 44.1. The van der Waals surface area contributed by atoms with Gasteiger partial charge in [0.1, 0.15) is 12.7 Å². The average molecular weight is 857 g/mol. The Morgan fingerprint density at radius 1 is 0.508 bits per heavy atom. The molecule has 0 aliphatic heterocycles. The molecular formula is C48H89O10P. The molecule has 3 N–H and O–H groups in total. The number of carbonyl (C=O) groups is 2. The van der Waals surface area contributed by atoms with Crippen LogP contribution in [-0.2, 0) is 32.7 Å². The zero-order valence-electron chi connectivity index (χ0n) is 37.7. The maximum absolute atomic E-state index is 12.7. The first kappa shape index (κ1) is 57.2. The van der Waals surface area contributed by atoms with Gasteiger partial charge in [0.25, 0.3) is 0 Å². The zero-order chi connectivity index (χ0) is 43.3. The topological polar surface area (TPSA) is 149 Å². The first-order valence-corrected chi connectivity index (χ1v) is 25.4. The summed E-state index contributed by atoms with van der Waals surface area (Å²) in [4.78, 5) is 35.1. The highest BCUT2D eigenvalue weighted by Crippen LogP contribution is 2.43. The van der Waals surface area contributed by atoms with Crippen LogP contribution in [0.1, 0.15) is 219 Å². The Morgan fingerprint density at radius 2 is 0.881 bits per heavy atom. The van der Waals surface area contributed by atoms with Gasteiger partial charge in [-0.05, 0) is 70.6 Å². The normalized spacial score (nSPS) is 14.1. The molecule has 0 spiro atoms. The summed E-state index contributed by atoms with van der Waals surface area (Å²) in [6, 6.07) is 0. The molecule has 10 nitrogen and oxygen atoms in total. The van der Waals surface area contributed by atoms with Crippen LogP contribution in [0.15, 0.2) is 36.5 Å². The van der Waals surface area contributed by atoms with Crippen molar-refractivity contribution < 1.29 is 47.8 Å². The summed E-state index contributed by atoms with van der Waals surface area (Å²) in [7, 11) is -4.62. The van der Waals surface area contributed by atoms with Crippen LogP contribution < -0.4 is 0 Å². The quantitative estimate of drug-likeness (QED) is 0.0234. The molecule has 11 heteroatoms. The van der Waals surface area contributed by atoms with E-state index < -0.39 is 51.8 Å². The van der Waals surface area contributed by atoms with E-state index in [2.05, 4.69) is 50.3 Å². The number of hydrogen-bond donors (Lipinski definition) is 3. The third-order valence-electron chi connectivity index (χ3n) is 10.3. The van der Waals surface area contributed by atoms with Gasteiger partial charge < -0.3 is 24.6 Å². The predicted molar refractivity (Wildman–Crippen MR) is 242 cm³/mol. The fourth-order valence-corrected chi connectivity index (χ4v) is 7.34. The highest BCUT2D eigenvalue weighted by Gasteiger charge is 2.27. The van der Waals surface area contributed by atoms with Crippen LogP contribution in [0.2, 0.25) is 0 Å². The summed E-state index contributed by atoms with van der Waals surface area (Å²) in [6.07, 6.45) is 46.7. The molecule has 0 saturated heterocycles. The predicted octanol–water partition coefficient (Wildman–Crippen LogP) is 13.1. The molecule has 0 aromatic heterocycles. The summed E-state index contributed by atoms with van der Waals surface area (Å²) in [5.41, 5.74) is 0. The molecule has 0 heterocycles. The summed E-state index contributed by atoms with van der Waals surface area (Å²) in [5, 5.41) is 18.4. The minimum Gasteiger partial charge on any atom is -0.462 e. The van der Waals surface area contributed by atoms with E-state index in [1.807, 2.05) is 0 Å². The van der Waals surface area contributed by atoms with Gasteiger partial charge in [0.05, 0.1) is 19.8 Å². The fraction of sp³-hybridized carbons (Fsp3) is 0.833. The van der Waals surface area contributed by atoms with Crippen LogP contribution in [0.3, 0.4) is 0 Å². The summed E-state index contributed by atoms with van der Waals surface area (Å²) in [6.45, 7) is 2.36. The Morgan fingerprint density at radius 3 is 1.36 bits per heavy atom. The summed E-state index contributed by atoms with van der Waals surface area (Å²) < 4.78 is 32.8. The monoisotopic (exact) mass is 857 g/mol. The molecule has 0 aromatic rings. The van der Waals surface area contributed by atoms with Gasteiger partial charge in [0, 0.05) is 12.8 Å². The van der Waals surface area contributed by atoms with E-state index >= 15 is 0 Å². The Bertz CT molecular complexity index is 1080. The van der Waals surface area contributed by atoms with Crippen molar-refractivity contribution in [3.8, 4) is 0 Å². The second-order valence-corrected chi connectivity index (χ2v) is 17.6. The third-order valence-corrected chi connectivity index (χ3v) is 11.2. The smallest absolute Gasteiger partial charge is 0.462 e. The largest absolute Gasteiger partial charge is 0.472 e. The Kier molecular flexibility index (Phi) is 42.9. The summed E-state index contributed by atoms with van der Waals surface area (Å²) >= 11 is 0. The second kappa shape index (κ2) is 44.3. The van der Waals surface area contributed by atoms with Crippen molar-refractivity contribution in [2.45, 2.75) is 232 Å². The Labute approximate surface area is 361 Å². The molecule has 0 saturated carbocycles. The lowest BCUT2D eigenvalue weighted by Crippen LogP contribution is -2.29. The minimum atomic E-state index is -4.62. The van der Waals surface area contributed by atoms with Crippen LogP contribution in [0.5, 0.6) is 0 Å². The highest BCUT2D eigenvalue weighted by atomic mass is 31.2. The number of phosphoric ester groups is 1. The van der Waals surface area contributed by atoms with Gasteiger partial charge >= 0.3 is 19.8 Å². The fourth-order valence-electron chi connectivity index (χ4n) is 6.55. The van der Waals surface area contributed by atoms with E-state index in [1.165, 1.54) is 128 Å². The van der Waals surface area contributed by atoms with E-state index in [-0.39, 0.29) is 19.4 Å². The molecular weight excluding hydrogens is 767 g/mol. The molecule has 1 unspecified atom stereocenters. The minimum absolute atomic E-state index is 0.181. The van der Waals surface area contributed by atoms with Gasteiger partial charge in [0.15, 0.2) is 6.10 Å². The van der Waals surface area contributed by atoms with Crippen LogP contribution in [0, 0.1) is 0 Å². The molecule has 0 rings (SSSR count). The van der Waals surface area contributed by atoms with Gasteiger partial charge in [-0.15, -0.1) is 0 Å². The number of esters is 2. The molecule has 0 aliphatic carbocycles. The van der Waals surface area contributed by atoms with Crippen LogP contribution in [-0.4, -0.2) is 65.7 Å². The maximum Gasteiger partial charge on any atom is 0.472 e. The molecule has 0 fully saturated rings. The summed E-state index contributed by atoms with van der Waals surface area (Å²) in [5.74, 6) is -0.930. The van der Waals surface area contributed by atoms with Gasteiger partial charge in [-0.25, -0.2) is 4.57 Å². The van der Waals surface area contributed by atoms with Gasteiger partial charge in [-0.2, -0.15) is 0 Å². The number of phosphoric acid groups is 1. The van der Waals surface area contributed by atoms with Crippen LogP contribution in [0.25, 0.3) is 0 Å². The Balaban J connectivity index is 4.23. The van der Waals surface area contributed by atoms with E-state index in [0.29, 0.717) is 12.8 Å². The van der Waals surface area contributed by atoms with Crippen molar-refractivity contribution in [1.29, 1.82) is 0 Å². The lowest BCUT2D eigenvalue weighted by atomic mass is 10.1. The van der Waals surface area contributed by atoms with Crippen LogP contribution >= 0.6 is 7.82 Å². The molecule has 59 heavy (non-hydrogen) atoms. The number of carbonyl (C=O) groups excluding carboxylic acids is 2. The standard InChI is InChI=1S/C48H89O10P/c1-3-5-7-9-11-13-15-17-19-21-22-24-26-28-30-32-34-36-38-40-48(52)58-46(44-57-59(53,54)56-42-45(50)41-49)43-55-47(51)39-37-35-33-31-29-27-25-23-20-18-16-14-12-10-8-6-4-2/h12,14,17-20,45-46,49-50H,3-11,13,15-16,21-44H2,1-2H3,(H,53,54)/b14-12+,19-17+,20-18+/t45-,46+/m0/s1. The highest BCUT2D eigenvalue weighted by molar-refractivity contribution is 7.47.